The topological polar surface area (TPSA) is 72.5 Å². The summed E-state index contributed by atoms with van der Waals surface area (Å²) in [6, 6.07) is 3.58. The minimum absolute atomic E-state index is 0.00527. The Morgan fingerprint density at radius 2 is 2.04 bits per heavy atom. The number of carbonyl (C=O) groups is 1. The van der Waals surface area contributed by atoms with Crippen molar-refractivity contribution in [1.82, 2.24) is 15.6 Å². The number of piperidine rings is 1. The number of hydrogen-bond acceptors (Lipinski definition) is 5. The molecule has 1 atom stereocenters. The molecular weight excluding hydrogens is 318 g/mol. The first-order valence-corrected chi connectivity index (χ1v) is 9.03. The molecule has 138 valence electrons. The molecule has 0 aliphatic carbocycles. The van der Waals surface area contributed by atoms with E-state index in [4.69, 9.17) is 9.47 Å². The molecule has 1 amide bonds. The van der Waals surface area contributed by atoms with Gasteiger partial charge in [0.15, 0.2) is 0 Å². The van der Waals surface area contributed by atoms with Crippen LogP contribution in [0, 0.1) is 0 Å². The van der Waals surface area contributed by atoms with Crippen LogP contribution in [0.4, 0.5) is 0 Å². The first kappa shape index (κ1) is 18.1. The summed E-state index contributed by atoms with van der Waals surface area (Å²) in [4.78, 5) is 16.9. The van der Waals surface area contributed by atoms with Gasteiger partial charge in [0.2, 0.25) is 5.88 Å². The lowest BCUT2D eigenvalue weighted by Gasteiger charge is -2.46. The number of nitrogens with one attached hydrogen (secondary N) is 2. The number of nitrogens with zero attached hydrogens (tertiary/aromatic N) is 1. The van der Waals surface area contributed by atoms with Gasteiger partial charge in [-0.1, -0.05) is 0 Å². The first-order valence-electron chi connectivity index (χ1n) is 9.03. The van der Waals surface area contributed by atoms with Crippen LogP contribution >= 0.6 is 0 Å². The van der Waals surface area contributed by atoms with Crippen LogP contribution in [0.25, 0.3) is 0 Å². The Labute approximate surface area is 149 Å². The minimum Gasteiger partial charge on any atom is -0.472 e. The van der Waals surface area contributed by atoms with Crippen molar-refractivity contribution < 1.29 is 14.3 Å². The van der Waals surface area contributed by atoms with Crippen molar-refractivity contribution >= 4 is 5.91 Å². The molecule has 1 aromatic heterocycles. The van der Waals surface area contributed by atoms with Crippen molar-refractivity contribution in [2.24, 2.45) is 0 Å². The standard InChI is InChI=1S/C19H29N3O3/c1-18(2)10-14(11-19(3,4)22-18)21-17(23)13-5-7-20-16(9-13)25-15-6-8-24-12-15/h5,7,9,14-15,22H,6,8,10-12H2,1-4H3,(H,21,23). The Morgan fingerprint density at radius 1 is 1.32 bits per heavy atom. The molecule has 2 aliphatic rings. The molecule has 6 heteroatoms. The molecule has 2 fully saturated rings. The van der Waals surface area contributed by atoms with Crippen molar-refractivity contribution in [2.75, 3.05) is 13.2 Å². The van der Waals surface area contributed by atoms with Gasteiger partial charge in [-0.05, 0) is 46.6 Å². The number of aromatic nitrogens is 1. The molecule has 0 spiro atoms. The number of rotatable bonds is 4. The Hall–Kier alpha value is -1.66. The molecule has 0 radical (unpaired) electrons. The first-order chi connectivity index (χ1) is 11.7. The quantitative estimate of drug-likeness (QED) is 0.874. The lowest BCUT2D eigenvalue weighted by Crippen LogP contribution is -2.62. The van der Waals surface area contributed by atoms with Crippen LogP contribution < -0.4 is 15.4 Å². The van der Waals surface area contributed by atoms with E-state index in [1.807, 2.05) is 0 Å². The second-order valence-electron chi connectivity index (χ2n) is 8.46. The fourth-order valence-corrected chi connectivity index (χ4v) is 4.08. The fourth-order valence-electron chi connectivity index (χ4n) is 4.08. The Balaban J connectivity index is 1.64. The van der Waals surface area contributed by atoms with Gasteiger partial charge in [0, 0.05) is 41.4 Å². The normalized spacial score (nSPS) is 25.5. The van der Waals surface area contributed by atoms with Crippen LogP contribution in [-0.2, 0) is 4.74 Å². The molecule has 25 heavy (non-hydrogen) atoms. The third-order valence-corrected chi connectivity index (χ3v) is 4.70. The second-order valence-corrected chi connectivity index (χ2v) is 8.46. The summed E-state index contributed by atoms with van der Waals surface area (Å²) in [6.45, 7) is 10.00. The van der Waals surface area contributed by atoms with Gasteiger partial charge in [0.25, 0.3) is 5.91 Å². The van der Waals surface area contributed by atoms with Gasteiger partial charge in [0.05, 0.1) is 13.2 Å². The summed E-state index contributed by atoms with van der Waals surface area (Å²) in [5.74, 6) is 0.405. The highest BCUT2D eigenvalue weighted by Crippen LogP contribution is 2.28. The molecule has 3 rings (SSSR count). The summed E-state index contributed by atoms with van der Waals surface area (Å²) in [6.07, 6.45) is 4.30. The maximum absolute atomic E-state index is 12.7. The van der Waals surface area contributed by atoms with Gasteiger partial charge >= 0.3 is 0 Å². The summed E-state index contributed by atoms with van der Waals surface area (Å²) < 4.78 is 11.1. The Kier molecular flexibility index (Phi) is 5.02. The molecule has 0 saturated carbocycles. The van der Waals surface area contributed by atoms with E-state index in [9.17, 15) is 4.79 Å². The molecule has 6 nitrogen and oxygen atoms in total. The van der Waals surface area contributed by atoms with Gasteiger partial charge in [-0.15, -0.1) is 0 Å². The fraction of sp³-hybridized carbons (Fsp3) is 0.684. The van der Waals surface area contributed by atoms with E-state index < -0.39 is 0 Å². The minimum atomic E-state index is -0.0755. The number of amides is 1. The van der Waals surface area contributed by atoms with E-state index >= 15 is 0 Å². The zero-order chi connectivity index (χ0) is 18.1. The molecule has 2 N–H and O–H groups in total. The summed E-state index contributed by atoms with van der Waals surface area (Å²) >= 11 is 0. The Bertz CT molecular complexity index is 608. The SMILES string of the molecule is CC1(C)CC(NC(=O)c2ccnc(OC3CCOC3)c2)CC(C)(C)N1. The van der Waals surface area contributed by atoms with E-state index in [0.29, 0.717) is 24.7 Å². The van der Waals surface area contributed by atoms with Crippen LogP contribution in [0.3, 0.4) is 0 Å². The molecule has 2 aliphatic heterocycles. The van der Waals surface area contributed by atoms with E-state index in [0.717, 1.165) is 19.3 Å². The predicted octanol–water partition coefficient (Wildman–Crippen LogP) is 2.29. The van der Waals surface area contributed by atoms with E-state index in [1.165, 1.54) is 0 Å². The number of pyridine rings is 1. The molecule has 0 aromatic carbocycles. The molecule has 1 unspecified atom stereocenters. The third-order valence-electron chi connectivity index (χ3n) is 4.70. The zero-order valence-electron chi connectivity index (χ0n) is 15.6. The van der Waals surface area contributed by atoms with Gasteiger partial charge in [-0.25, -0.2) is 4.98 Å². The summed E-state index contributed by atoms with van der Waals surface area (Å²) in [5, 5.41) is 6.81. The van der Waals surface area contributed by atoms with Crippen LogP contribution in [0.5, 0.6) is 5.88 Å². The van der Waals surface area contributed by atoms with Gasteiger partial charge < -0.3 is 20.1 Å². The van der Waals surface area contributed by atoms with Crippen LogP contribution in [0.1, 0.15) is 57.3 Å². The van der Waals surface area contributed by atoms with Gasteiger partial charge in [0.1, 0.15) is 6.10 Å². The van der Waals surface area contributed by atoms with Crippen molar-refractivity contribution in [3.05, 3.63) is 23.9 Å². The lowest BCUT2D eigenvalue weighted by molar-refractivity contribution is 0.0871. The van der Waals surface area contributed by atoms with E-state index in [1.54, 1.807) is 18.3 Å². The zero-order valence-corrected chi connectivity index (χ0v) is 15.6. The molecular formula is C19H29N3O3. The van der Waals surface area contributed by atoms with Crippen molar-refractivity contribution in [3.63, 3.8) is 0 Å². The monoisotopic (exact) mass is 347 g/mol. The molecule has 0 bridgehead atoms. The molecule has 1 aromatic rings. The highest BCUT2D eigenvalue weighted by Gasteiger charge is 2.38. The van der Waals surface area contributed by atoms with E-state index in [2.05, 4.69) is 43.3 Å². The molecule has 3 heterocycles. The average Bonchev–Trinajstić information content (AvgIpc) is 2.97. The van der Waals surface area contributed by atoms with E-state index in [-0.39, 0.29) is 29.1 Å². The third kappa shape index (κ3) is 4.92. The van der Waals surface area contributed by atoms with Crippen LogP contribution in [-0.4, -0.2) is 47.3 Å². The van der Waals surface area contributed by atoms with Crippen molar-refractivity contribution in [2.45, 2.75) is 70.2 Å². The smallest absolute Gasteiger partial charge is 0.251 e. The van der Waals surface area contributed by atoms with Gasteiger partial charge in [-0.3, -0.25) is 4.79 Å². The van der Waals surface area contributed by atoms with Crippen molar-refractivity contribution in [1.29, 1.82) is 0 Å². The average molecular weight is 347 g/mol. The Morgan fingerprint density at radius 3 is 2.68 bits per heavy atom. The lowest BCUT2D eigenvalue weighted by atomic mass is 9.79. The van der Waals surface area contributed by atoms with Crippen LogP contribution in [0.2, 0.25) is 0 Å². The maximum Gasteiger partial charge on any atom is 0.251 e. The number of hydrogen-bond donors (Lipinski definition) is 2. The highest BCUT2D eigenvalue weighted by atomic mass is 16.5. The second kappa shape index (κ2) is 6.92. The predicted molar refractivity (Wildman–Crippen MR) is 95.9 cm³/mol. The maximum atomic E-state index is 12.7. The van der Waals surface area contributed by atoms with Crippen LogP contribution in [0.15, 0.2) is 18.3 Å². The molecule has 2 saturated heterocycles. The number of ether oxygens (including phenoxy) is 2. The summed E-state index contributed by atoms with van der Waals surface area (Å²) in [5.41, 5.74) is 0.571. The largest absolute Gasteiger partial charge is 0.472 e. The van der Waals surface area contributed by atoms with Gasteiger partial charge in [-0.2, -0.15) is 0 Å². The van der Waals surface area contributed by atoms with Crippen molar-refractivity contribution in [3.8, 4) is 5.88 Å². The summed E-state index contributed by atoms with van der Waals surface area (Å²) in [7, 11) is 0. The highest BCUT2D eigenvalue weighted by molar-refractivity contribution is 5.94. The number of carbonyl (C=O) groups excluding carboxylic acids is 1.